The molecule has 1 amide bonds. The van der Waals surface area contributed by atoms with Gasteiger partial charge in [-0.15, -0.1) is 0 Å². The van der Waals surface area contributed by atoms with Gasteiger partial charge in [0.1, 0.15) is 12.1 Å². The third-order valence-electron chi connectivity index (χ3n) is 5.71. The van der Waals surface area contributed by atoms with Gasteiger partial charge in [-0.25, -0.2) is 19.7 Å². The van der Waals surface area contributed by atoms with Gasteiger partial charge in [0.15, 0.2) is 5.82 Å². The van der Waals surface area contributed by atoms with Crippen LogP contribution in [0.5, 0.6) is 0 Å². The normalized spacial score (nSPS) is 14.2. The lowest BCUT2D eigenvalue weighted by Gasteiger charge is -2.32. The van der Waals surface area contributed by atoms with Crippen LogP contribution in [0.1, 0.15) is 12.8 Å². The van der Waals surface area contributed by atoms with Crippen LogP contribution in [0.3, 0.4) is 0 Å². The number of H-pyrrole nitrogens is 1. The molecule has 1 fully saturated rings. The standard InChI is InChI=1S/C23H22N8O2/c32-22-7-6-19(28-29-22)17-4-1-2-5-18(17)27-23(33)16-8-12-30(13-9-16)20-14-21(25-15-24-20)31-11-3-10-26-31/h1-7,10-11,14-16H,8-9,12-13H2,(H,27,33)(H,29,32). The van der Waals surface area contributed by atoms with Gasteiger partial charge < -0.3 is 10.2 Å². The second-order valence-electron chi connectivity index (χ2n) is 7.79. The molecule has 4 heterocycles. The van der Waals surface area contributed by atoms with E-state index in [2.05, 4.69) is 35.5 Å². The maximum Gasteiger partial charge on any atom is 0.264 e. The second-order valence-corrected chi connectivity index (χ2v) is 7.79. The van der Waals surface area contributed by atoms with E-state index in [9.17, 15) is 9.59 Å². The molecule has 1 aromatic carbocycles. The Kier molecular flexibility index (Phi) is 5.62. The Morgan fingerprint density at radius 3 is 2.61 bits per heavy atom. The first kappa shape index (κ1) is 20.6. The highest BCUT2D eigenvalue weighted by atomic mass is 16.2. The highest BCUT2D eigenvalue weighted by Crippen LogP contribution is 2.28. The third kappa shape index (κ3) is 4.49. The van der Waals surface area contributed by atoms with Gasteiger partial charge in [0.2, 0.25) is 5.91 Å². The van der Waals surface area contributed by atoms with Gasteiger partial charge in [0.05, 0.1) is 11.4 Å². The topological polar surface area (TPSA) is 122 Å². The molecule has 0 saturated carbocycles. The molecule has 0 bridgehead atoms. The Labute approximate surface area is 189 Å². The van der Waals surface area contributed by atoms with Crippen LogP contribution in [0.15, 0.2) is 72.0 Å². The van der Waals surface area contributed by atoms with Gasteiger partial charge in [-0.3, -0.25) is 9.59 Å². The number of amides is 1. The molecule has 5 rings (SSSR count). The molecule has 0 spiro atoms. The lowest BCUT2D eigenvalue weighted by Crippen LogP contribution is -2.38. The number of anilines is 2. The summed E-state index contributed by atoms with van der Waals surface area (Å²) in [5, 5.41) is 13.8. The van der Waals surface area contributed by atoms with E-state index in [-0.39, 0.29) is 17.4 Å². The zero-order chi connectivity index (χ0) is 22.6. The van der Waals surface area contributed by atoms with Crippen LogP contribution in [0.2, 0.25) is 0 Å². The van der Waals surface area contributed by atoms with Crippen molar-refractivity contribution in [3.05, 3.63) is 77.6 Å². The van der Waals surface area contributed by atoms with Crippen LogP contribution in [0.25, 0.3) is 17.1 Å². The van der Waals surface area contributed by atoms with Crippen LogP contribution < -0.4 is 15.8 Å². The molecule has 0 unspecified atom stereocenters. The molecule has 10 nitrogen and oxygen atoms in total. The van der Waals surface area contributed by atoms with Crippen molar-refractivity contribution >= 4 is 17.4 Å². The van der Waals surface area contributed by atoms with E-state index in [1.165, 1.54) is 12.4 Å². The molecular weight excluding hydrogens is 420 g/mol. The number of hydrogen-bond donors (Lipinski definition) is 2. The quantitative estimate of drug-likeness (QED) is 0.486. The van der Waals surface area contributed by atoms with Crippen LogP contribution in [0.4, 0.5) is 11.5 Å². The molecule has 4 aromatic rings. The number of para-hydroxylation sites is 1. The summed E-state index contributed by atoms with van der Waals surface area (Å²) in [5.41, 5.74) is 1.75. The minimum atomic E-state index is -0.271. The molecule has 166 valence electrons. The maximum atomic E-state index is 13.0. The number of aromatic amines is 1. The zero-order valence-electron chi connectivity index (χ0n) is 17.8. The van der Waals surface area contributed by atoms with Crippen molar-refractivity contribution in [3.8, 4) is 17.1 Å². The predicted molar refractivity (Wildman–Crippen MR) is 123 cm³/mol. The van der Waals surface area contributed by atoms with E-state index in [4.69, 9.17) is 0 Å². The molecule has 10 heteroatoms. The summed E-state index contributed by atoms with van der Waals surface area (Å²) in [6.45, 7) is 1.44. The largest absolute Gasteiger partial charge is 0.356 e. The van der Waals surface area contributed by atoms with Gasteiger partial charge >= 0.3 is 0 Å². The highest BCUT2D eigenvalue weighted by molar-refractivity contribution is 5.96. The molecule has 0 aliphatic carbocycles. The molecule has 1 aliphatic rings. The molecule has 0 atom stereocenters. The second kappa shape index (κ2) is 9.03. The van der Waals surface area contributed by atoms with Crippen molar-refractivity contribution in [2.75, 3.05) is 23.3 Å². The monoisotopic (exact) mass is 442 g/mol. The van der Waals surface area contributed by atoms with E-state index in [1.54, 1.807) is 16.9 Å². The number of aromatic nitrogens is 6. The highest BCUT2D eigenvalue weighted by Gasteiger charge is 2.26. The number of rotatable bonds is 5. The number of nitrogens with zero attached hydrogens (tertiary/aromatic N) is 6. The van der Waals surface area contributed by atoms with E-state index < -0.39 is 0 Å². The first-order valence-corrected chi connectivity index (χ1v) is 10.7. The maximum absolute atomic E-state index is 13.0. The number of nitrogens with one attached hydrogen (secondary N) is 2. The summed E-state index contributed by atoms with van der Waals surface area (Å²) in [6.07, 6.45) is 6.51. The Morgan fingerprint density at radius 1 is 1.03 bits per heavy atom. The molecule has 2 N–H and O–H groups in total. The molecule has 1 saturated heterocycles. The lowest BCUT2D eigenvalue weighted by molar-refractivity contribution is -0.120. The summed E-state index contributed by atoms with van der Waals surface area (Å²) < 4.78 is 1.69. The lowest BCUT2D eigenvalue weighted by atomic mass is 9.95. The van der Waals surface area contributed by atoms with Crippen LogP contribution >= 0.6 is 0 Å². The number of carbonyl (C=O) groups is 1. The summed E-state index contributed by atoms with van der Waals surface area (Å²) in [6, 6.07) is 14.2. The van der Waals surface area contributed by atoms with Gasteiger partial charge in [-0.2, -0.15) is 10.2 Å². The van der Waals surface area contributed by atoms with Crippen LogP contribution in [-0.2, 0) is 4.79 Å². The smallest absolute Gasteiger partial charge is 0.264 e. The number of piperidine rings is 1. The summed E-state index contributed by atoms with van der Waals surface area (Å²) in [5.74, 6) is 1.40. The summed E-state index contributed by atoms with van der Waals surface area (Å²) >= 11 is 0. The van der Waals surface area contributed by atoms with Crippen molar-refractivity contribution in [3.63, 3.8) is 0 Å². The van der Waals surface area contributed by atoms with Crippen molar-refractivity contribution in [1.82, 2.24) is 29.9 Å². The van der Waals surface area contributed by atoms with Gasteiger partial charge in [-0.1, -0.05) is 18.2 Å². The molecule has 33 heavy (non-hydrogen) atoms. The van der Waals surface area contributed by atoms with E-state index in [0.29, 0.717) is 30.0 Å². The average Bonchev–Trinajstić information content (AvgIpc) is 3.40. The fraction of sp³-hybridized carbons (Fsp3) is 0.217. The predicted octanol–water partition coefficient (Wildman–Crippen LogP) is 2.27. The fourth-order valence-electron chi connectivity index (χ4n) is 3.96. The summed E-state index contributed by atoms with van der Waals surface area (Å²) in [4.78, 5) is 35.2. The Balaban J connectivity index is 1.25. The van der Waals surface area contributed by atoms with Crippen molar-refractivity contribution in [2.24, 2.45) is 5.92 Å². The fourth-order valence-corrected chi connectivity index (χ4v) is 3.96. The van der Waals surface area contributed by atoms with E-state index in [1.807, 2.05) is 42.6 Å². The van der Waals surface area contributed by atoms with E-state index in [0.717, 1.165) is 24.5 Å². The summed E-state index contributed by atoms with van der Waals surface area (Å²) in [7, 11) is 0. The minimum Gasteiger partial charge on any atom is -0.356 e. The molecule has 0 radical (unpaired) electrons. The minimum absolute atomic E-state index is 0.0218. The zero-order valence-corrected chi connectivity index (χ0v) is 17.8. The Morgan fingerprint density at radius 2 is 1.85 bits per heavy atom. The van der Waals surface area contributed by atoms with Crippen molar-refractivity contribution in [2.45, 2.75) is 12.8 Å². The van der Waals surface area contributed by atoms with Gasteiger partial charge in [0.25, 0.3) is 5.56 Å². The van der Waals surface area contributed by atoms with Crippen molar-refractivity contribution in [1.29, 1.82) is 0 Å². The number of benzene rings is 1. The van der Waals surface area contributed by atoms with E-state index >= 15 is 0 Å². The number of hydrogen-bond acceptors (Lipinski definition) is 7. The van der Waals surface area contributed by atoms with Gasteiger partial charge in [-0.05, 0) is 31.0 Å². The molecule has 1 aliphatic heterocycles. The Hall–Kier alpha value is -4.34. The first-order chi connectivity index (χ1) is 16.2. The van der Waals surface area contributed by atoms with Crippen molar-refractivity contribution < 1.29 is 4.79 Å². The average molecular weight is 442 g/mol. The number of carbonyl (C=O) groups excluding carboxylic acids is 1. The first-order valence-electron chi connectivity index (χ1n) is 10.7. The van der Waals surface area contributed by atoms with Gasteiger partial charge in [0, 0.05) is 49.1 Å². The third-order valence-corrected chi connectivity index (χ3v) is 5.71. The Bertz CT molecular complexity index is 1290. The molecule has 3 aromatic heterocycles. The molecular formula is C23H22N8O2. The van der Waals surface area contributed by atoms with Crippen LogP contribution in [0, 0.1) is 5.92 Å². The van der Waals surface area contributed by atoms with Crippen LogP contribution in [-0.4, -0.2) is 48.9 Å². The SMILES string of the molecule is O=C(Nc1ccccc1-c1ccc(=O)[nH]n1)C1CCN(c2cc(-n3cccn3)ncn2)CC1.